The highest BCUT2D eigenvalue weighted by Gasteiger charge is 2.24. The summed E-state index contributed by atoms with van der Waals surface area (Å²) >= 11 is 3.38. The van der Waals surface area contributed by atoms with Crippen molar-refractivity contribution in [3.05, 3.63) is 120 Å². The molecule has 194 valence electrons. The van der Waals surface area contributed by atoms with Crippen molar-refractivity contribution in [2.24, 2.45) is 10.9 Å². The van der Waals surface area contributed by atoms with E-state index in [9.17, 15) is 13.6 Å². The predicted molar refractivity (Wildman–Crippen MR) is 162 cm³/mol. The molecule has 0 saturated heterocycles. The number of carbonyl (C=O) groups excluding carboxylic acids is 1. The number of aryl methyl sites for hydroxylation is 1. The first-order chi connectivity index (χ1) is 18.4. The van der Waals surface area contributed by atoms with E-state index < -0.39 is 17.5 Å². The van der Waals surface area contributed by atoms with Crippen molar-refractivity contribution < 1.29 is 13.6 Å². The topological polar surface area (TPSA) is 53.5 Å². The van der Waals surface area contributed by atoms with Gasteiger partial charge in [0.1, 0.15) is 11.6 Å². The lowest BCUT2D eigenvalue weighted by atomic mass is 9.99. The highest BCUT2D eigenvalue weighted by Crippen LogP contribution is 2.40. The molecule has 0 radical (unpaired) electrons. The second kappa shape index (κ2) is 11.8. The Bertz CT molecular complexity index is 1510. The van der Waals surface area contributed by atoms with Crippen LogP contribution in [0.2, 0.25) is 0 Å². The SMILES string of the molecule is Cc1ccccc1C1=IC2=C(Br)C=NCC2CC(NCc2cccc(NC(=O)c3cc(F)cc(F)c3)c2)=C1. The van der Waals surface area contributed by atoms with Crippen molar-refractivity contribution in [1.82, 2.24) is 5.32 Å². The summed E-state index contributed by atoms with van der Waals surface area (Å²) in [5.41, 5.74) is 5.17. The molecule has 1 atom stereocenters. The second-order valence-electron chi connectivity index (χ2n) is 9.18. The van der Waals surface area contributed by atoms with Crippen LogP contribution in [0.15, 0.2) is 91.6 Å². The highest BCUT2D eigenvalue weighted by atomic mass is 127. The molecule has 0 aliphatic carbocycles. The van der Waals surface area contributed by atoms with Crippen molar-refractivity contribution >= 4 is 58.0 Å². The fourth-order valence-electron chi connectivity index (χ4n) is 4.44. The van der Waals surface area contributed by atoms with Crippen LogP contribution in [0.3, 0.4) is 0 Å². The first kappa shape index (κ1) is 26.6. The van der Waals surface area contributed by atoms with Crippen LogP contribution in [-0.4, -0.2) is 22.2 Å². The van der Waals surface area contributed by atoms with E-state index in [2.05, 4.69) is 68.8 Å². The maximum Gasteiger partial charge on any atom is 0.255 e. The van der Waals surface area contributed by atoms with Gasteiger partial charge in [0.25, 0.3) is 5.91 Å². The van der Waals surface area contributed by atoms with Gasteiger partial charge in [0.05, 0.1) is 0 Å². The number of benzene rings is 3. The summed E-state index contributed by atoms with van der Waals surface area (Å²) in [6.45, 7) is 3.51. The van der Waals surface area contributed by atoms with Gasteiger partial charge in [0, 0.05) is 59.8 Å². The number of anilines is 1. The predicted octanol–water partition coefficient (Wildman–Crippen LogP) is 7.40. The van der Waals surface area contributed by atoms with Crippen LogP contribution in [0.1, 0.15) is 33.5 Å². The Hall–Kier alpha value is -2.98. The van der Waals surface area contributed by atoms with Crippen molar-refractivity contribution in [1.29, 1.82) is 0 Å². The van der Waals surface area contributed by atoms with E-state index in [1.165, 1.54) is 18.2 Å². The number of halogens is 4. The number of fused-ring (bicyclic) bond motifs is 1. The second-order valence-corrected chi connectivity index (χ2v) is 12.9. The van der Waals surface area contributed by atoms with E-state index in [4.69, 9.17) is 0 Å². The quantitative estimate of drug-likeness (QED) is 0.266. The number of rotatable bonds is 6. The van der Waals surface area contributed by atoms with E-state index in [1.54, 1.807) is 6.07 Å². The number of nitrogens with zero attached hydrogens (tertiary/aromatic N) is 1. The van der Waals surface area contributed by atoms with Crippen LogP contribution in [0.5, 0.6) is 0 Å². The van der Waals surface area contributed by atoms with E-state index in [0.717, 1.165) is 46.9 Å². The Kier molecular flexibility index (Phi) is 8.28. The molecular formula is C30H25BrF2IN3O. The van der Waals surface area contributed by atoms with Gasteiger partial charge in [-0.3, -0.25) is 9.79 Å². The van der Waals surface area contributed by atoms with Gasteiger partial charge in [0.2, 0.25) is 0 Å². The molecule has 1 amide bonds. The first-order valence-corrected chi connectivity index (χ1v) is 15.1. The van der Waals surface area contributed by atoms with Crippen LogP contribution in [0, 0.1) is 24.5 Å². The molecule has 5 rings (SSSR count). The van der Waals surface area contributed by atoms with Gasteiger partial charge in [-0.25, -0.2) is 8.78 Å². The largest absolute Gasteiger partial charge is 0.384 e. The summed E-state index contributed by atoms with van der Waals surface area (Å²) in [4.78, 5) is 17.1. The maximum atomic E-state index is 13.5. The van der Waals surface area contributed by atoms with Gasteiger partial charge in [-0.2, -0.15) is 0 Å². The summed E-state index contributed by atoms with van der Waals surface area (Å²) < 4.78 is 31.0. The van der Waals surface area contributed by atoms with Gasteiger partial charge in [-0.1, -0.05) is 57.1 Å². The lowest BCUT2D eigenvalue weighted by molar-refractivity contribution is 0.102. The van der Waals surface area contributed by atoms with Crippen molar-refractivity contribution in [2.75, 3.05) is 11.9 Å². The average Bonchev–Trinajstić information content (AvgIpc) is 3.08. The minimum Gasteiger partial charge on any atom is -0.384 e. The molecule has 0 bridgehead atoms. The molecule has 8 heteroatoms. The summed E-state index contributed by atoms with van der Waals surface area (Å²) in [5.74, 6) is -1.78. The molecule has 2 aliphatic rings. The summed E-state index contributed by atoms with van der Waals surface area (Å²) in [7, 11) is 0. The van der Waals surface area contributed by atoms with Gasteiger partial charge in [0.15, 0.2) is 0 Å². The maximum absolute atomic E-state index is 13.5. The number of nitrogens with one attached hydrogen (secondary N) is 2. The Morgan fingerprint density at radius 3 is 2.66 bits per heavy atom. The molecule has 0 saturated carbocycles. The van der Waals surface area contributed by atoms with Crippen molar-refractivity contribution in [2.45, 2.75) is 19.9 Å². The van der Waals surface area contributed by atoms with E-state index >= 15 is 0 Å². The number of dihydropyridines is 1. The smallest absolute Gasteiger partial charge is 0.255 e. The van der Waals surface area contributed by atoms with E-state index in [0.29, 0.717) is 18.2 Å². The third-order valence-electron chi connectivity index (χ3n) is 6.32. The monoisotopic (exact) mass is 687 g/mol. The van der Waals surface area contributed by atoms with E-state index in [1.807, 2.05) is 24.4 Å². The number of aliphatic imine (C=N–C) groups is 1. The molecule has 3 aromatic rings. The van der Waals surface area contributed by atoms with Gasteiger partial charge < -0.3 is 10.6 Å². The fraction of sp³-hybridized carbons (Fsp3) is 0.167. The first-order valence-electron chi connectivity index (χ1n) is 12.1. The fourth-order valence-corrected chi connectivity index (χ4v) is 8.72. The Morgan fingerprint density at radius 2 is 1.87 bits per heavy atom. The summed E-state index contributed by atoms with van der Waals surface area (Å²) in [6.07, 6.45) is 5.13. The Labute approximate surface area is 238 Å². The van der Waals surface area contributed by atoms with Crippen molar-refractivity contribution in [3.8, 4) is 0 Å². The number of amides is 1. The third kappa shape index (κ3) is 6.35. The lowest BCUT2D eigenvalue weighted by Crippen LogP contribution is -2.19. The number of allylic oxidation sites excluding steroid dienone is 3. The van der Waals surface area contributed by atoms with E-state index in [-0.39, 0.29) is 26.3 Å². The highest BCUT2D eigenvalue weighted by molar-refractivity contribution is 14.2. The molecule has 0 spiro atoms. The summed E-state index contributed by atoms with van der Waals surface area (Å²) in [5, 5.41) is 6.36. The van der Waals surface area contributed by atoms with Crippen LogP contribution in [0.25, 0.3) is 0 Å². The zero-order valence-corrected chi connectivity index (χ0v) is 24.3. The number of carbonyl (C=O) groups is 1. The van der Waals surface area contributed by atoms with Gasteiger partial charge in [-0.05, 0) is 76.3 Å². The zero-order valence-electron chi connectivity index (χ0n) is 20.6. The zero-order chi connectivity index (χ0) is 26.6. The Balaban J connectivity index is 1.35. The van der Waals surface area contributed by atoms with Crippen molar-refractivity contribution in [3.63, 3.8) is 0 Å². The summed E-state index contributed by atoms with van der Waals surface area (Å²) in [6, 6.07) is 18.7. The van der Waals surface area contributed by atoms with Gasteiger partial charge >= 0.3 is 0 Å². The molecule has 38 heavy (non-hydrogen) atoms. The molecule has 4 nitrogen and oxygen atoms in total. The van der Waals surface area contributed by atoms with Crippen LogP contribution >= 0.6 is 36.7 Å². The molecule has 0 aromatic heterocycles. The van der Waals surface area contributed by atoms with Crippen LogP contribution in [0.4, 0.5) is 14.5 Å². The molecular weight excluding hydrogens is 663 g/mol. The average molecular weight is 688 g/mol. The molecule has 2 aliphatic heterocycles. The molecule has 3 aromatic carbocycles. The molecule has 1 unspecified atom stereocenters. The number of hydrogen-bond acceptors (Lipinski definition) is 3. The molecule has 0 fully saturated rings. The lowest BCUT2D eigenvalue weighted by Gasteiger charge is -2.20. The molecule has 2 N–H and O–H groups in total. The standard InChI is InChI=1S/C30H25BrF2IN3O/c1-18-5-2-3-8-26(18)28-14-25(12-21-16-35-17-27(31)29(21)34-28)36-15-19-6-4-7-24(9-19)37-30(38)20-10-22(32)13-23(33)11-20/h2-11,13-14,17,21,36H,12,15-16H2,1H3,(H,37,38). The molecule has 2 heterocycles. The Morgan fingerprint density at radius 1 is 1.08 bits per heavy atom. The minimum absolute atomic E-state index is 0.0672. The number of hydrogen-bond donors (Lipinski definition) is 2. The third-order valence-corrected chi connectivity index (χ3v) is 11.2. The van der Waals surface area contributed by atoms with Gasteiger partial charge in [-0.15, -0.1) is 0 Å². The normalized spacial score (nSPS) is 17.0. The van der Waals surface area contributed by atoms with Crippen LogP contribution < -0.4 is 10.6 Å². The minimum atomic E-state index is -0.789. The van der Waals surface area contributed by atoms with Crippen LogP contribution in [-0.2, 0) is 6.54 Å².